The van der Waals surface area contributed by atoms with Crippen molar-refractivity contribution in [1.82, 2.24) is 0 Å². The first-order chi connectivity index (χ1) is 10.7. The summed E-state index contributed by atoms with van der Waals surface area (Å²) in [5.74, 6) is 0.267. The third-order valence-electron chi connectivity index (χ3n) is 3.62. The van der Waals surface area contributed by atoms with Gasteiger partial charge in [-0.2, -0.15) is 0 Å². The molecule has 0 aliphatic carbocycles. The summed E-state index contributed by atoms with van der Waals surface area (Å²) in [7, 11) is 0. The fraction of sp³-hybridized carbons (Fsp3) is 0.938. The van der Waals surface area contributed by atoms with Crippen molar-refractivity contribution in [3.63, 3.8) is 0 Å². The predicted molar refractivity (Wildman–Crippen MR) is 89.2 cm³/mol. The van der Waals surface area contributed by atoms with Crippen molar-refractivity contribution < 1.29 is 24.2 Å². The fourth-order valence-electron chi connectivity index (χ4n) is 2.33. The van der Waals surface area contributed by atoms with Crippen molar-refractivity contribution in [3.8, 4) is 0 Å². The minimum absolute atomic E-state index is 0.0608. The average molecular weight is 336 g/mol. The zero-order valence-electron chi connectivity index (χ0n) is 14.2. The van der Waals surface area contributed by atoms with Gasteiger partial charge in [0, 0.05) is 17.3 Å². The maximum Gasteiger partial charge on any atom is 0.307 e. The Morgan fingerprint density at radius 3 is 2.18 bits per heavy atom. The van der Waals surface area contributed by atoms with Crippen LogP contribution < -0.4 is 0 Å². The van der Waals surface area contributed by atoms with E-state index in [1.54, 1.807) is 0 Å². The van der Waals surface area contributed by atoms with Gasteiger partial charge in [-0.15, -0.1) is 4.33 Å². The van der Waals surface area contributed by atoms with E-state index in [0.717, 1.165) is 37.7 Å². The number of esters is 1. The van der Waals surface area contributed by atoms with Gasteiger partial charge in [0.15, 0.2) is 0 Å². The van der Waals surface area contributed by atoms with E-state index < -0.39 is 0 Å². The first kappa shape index (κ1) is 21.7. The third kappa shape index (κ3) is 12.3. The second-order valence-electron chi connectivity index (χ2n) is 5.69. The number of ether oxygens (including phenoxy) is 1. The molecule has 1 atom stereocenters. The summed E-state index contributed by atoms with van der Waals surface area (Å²) in [5.41, 5.74) is 0. The van der Waals surface area contributed by atoms with Gasteiger partial charge in [0.05, 0.1) is 13.0 Å². The topological polar surface area (TPSA) is 65.0 Å². The highest BCUT2D eigenvalue weighted by Gasteiger charge is 2.18. The Bertz CT molecular complexity index is 255. The Kier molecular flexibility index (Phi) is 15.4. The predicted octanol–water partition coefficient (Wildman–Crippen LogP) is 5.15. The zero-order valence-corrected chi connectivity index (χ0v) is 15.0. The molecule has 22 heavy (non-hydrogen) atoms. The number of carbonyl (C=O) groups excluding carboxylic acids is 1. The highest BCUT2D eigenvalue weighted by molar-refractivity contribution is 7.95. The first-order valence-corrected chi connectivity index (χ1v) is 9.27. The molecule has 0 amide bonds. The van der Waals surface area contributed by atoms with E-state index >= 15 is 0 Å². The highest BCUT2D eigenvalue weighted by Crippen LogP contribution is 2.22. The van der Waals surface area contributed by atoms with Gasteiger partial charge in [0.25, 0.3) is 0 Å². The van der Waals surface area contributed by atoms with Crippen LogP contribution in [-0.4, -0.2) is 23.1 Å². The summed E-state index contributed by atoms with van der Waals surface area (Å²) in [6.45, 7) is 6.90. The molecule has 0 aromatic rings. The lowest BCUT2D eigenvalue weighted by molar-refractivity contribution is -0.432. The lowest BCUT2D eigenvalue weighted by Crippen LogP contribution is -2.18. The van der Waals surface area contributed by atoms with Crippen LogP contribution in [0.15, 0.2) is 0 Å². The Hall–Kier alpha value is -0.300. The molecule has 0 saturated heterocycles. The van der Waals surface area contributed by atoms with Crippen molar-refractivity contribution in [2.75, 3.05) is 6.61 Å². The van der Waals surface area contributed by atoms with E-state index in [9.17, 15) is 4.79 Å². The molecule has 1 N–H and O–H groups in total. The normalized spacial score (nSPS) is 12.6. The fourth-order valence-corrected chi connectivity index (χ4v) is 3.01. The van der Waals surface area contributed by atoms with Crippen LogP contribution in [0.25, 0.3) is 0 Å². The average Bonchev–Trinajstić information content (AvgIpc) is 2.52. The molecule has 0 heterocycles. The van der Waals surface area contributed by atoms with Gasteiger partial charge in [-0.05, 0) is 25.2 Å². The van der Waals surface area contributed by atoms with Crippen LogP contribution in [0.4, 0.5) is 0 Å². The van der Waals surface area contributed by atoms with Gasteiger partial charge >= 0.3 is 5.97 Å². The summed E-state index contributed by atoms with van der Waals surface area (Å²) in [5, 5.41) is 11.7. The van der Waals surface area contributed by atoms with Crippen molar-refractivity contribution in [2.24, 2.45) is 5.92 Å². The van der Waals surface area contributed by atoms with Crippen LogP contribution in [0.2, 0.25) is 0 Å². The summed E-state index contributed by atoms with van der Waals surface area (Å²) in [4.78, 5) is 11.9. The van der Waals surface area contributed by atoms with Gasteiger partial charge in [0.1, 0.15) is 0 Å². The molecule has 0 saturated carbocycles. The van der Waals surface area contributed by atoms with E-state index in [0.29, 0.717) is 12.5 Å². The molecule has 0 aliphatic rings. The maximum absolute atomic E-state index is 11.9. The van der Waals surface area contributed by atoms with Gasteiger partial charge < -0.3 is 4.74 Å². The molecule has 0 bridgehead atoms. The van der Waals surface area contributed by atoms with Crippen LogP contribution in [0.1, 0.15) is 78.6 Å². The number of carbonyl (C=O) groups is 1. The van der Waals surface area contributed by atoms with E-state index in [4.69, 9.17) is 9.99 Å². The Labute approximate surface area is 139 Å². The van der Waals surface area contributed by atoms with Gasteiger partial charge in [-0.3, -0.25) is 4.79 Å². The van der Waals surface area contributed by atoms with Crippen LogP contribution in [0.3, 0.4) is 0 Å². The van der Waals surface area contributed by atoms with Crippen molar-refractivity contribution in [1.29, 1.82) is 0 Å². The first-order valence-electron chi connectivity index (χ1n) is 8.46. The monoisotopic (exact) mass is 336 g/mol. The largest absolute Gasteiger partial charge is 0.465 e. The second kappa shape index (κ2) is 15.6. The van der Waals surface area contributed by atoms with E-state index in [1.165, 1.54) is 25.7 Å². The summed E-state index contributed by atoms with van der Waals surface area (Å²) in [6.07, 6.45) is 8.96. The number of unbranched alkanes of at least 4 members (excludes halogenated alkanes) is 2. The molecule has 1 unspecified atom stereocenters. The standard InChI is InChI=1S/C16H32O5S/c1-4-7-10-14(11-8-5-2)13-19-16(17)12-15(9-6-3)22-21-20-18/h14-15,18H,4-13H2,1-3H3. The molecule has 0 aromatic heterocycles. The van der Waals surface area contributed by atoms with Crippen molar-refractivity contribution >= 4 is 18.0 Å². The van der Waals surface area contributed by atoms with Crippen LogP contribution in [0.5, 0.6) is 0 Å². The molecule has 0 aliphatic heterocycles. The molecule has 6 heteroatoms. The lowest BCUT2D eigenvalue weighted by Gasteiger charge is -2.18. The molecule has 5 nitrogen and oxygen atoms in total. The van der Waals surface area contributed by atoms with Gasteiger partial charge in [-0.1, -0.05) is 57.9 Å². The highest BCUT2D eigenvalue weighted by atomic mass is 32.2. The summed E-state index contributed by atoms with van der Waals surface area (Å²) < 4.78 is 9.89. The minimum atomic E-state index is -0.203. The minimum Gasteiger partial charge on any atom is -0.465 e. The number of hydrogen-bond acceptors (Lipinski definition) is 6. The van der Waals surface area contributed by atoms with Gasteiger partial charge in [0.2, 0.25) is 0 Å². The van der Waals surface area contributed by atoms with E-state index in [-0.39, 0.29) is 17.6 Å². The maximum atomic E-state index is 11.9. The van der Waals surface area contributed by atoms with Crippen LogP contribution >= 0.6 is 12.0 Å². The molecule has 132 valence electrons. The van der Waals surface area contributed by atoms with Crippen LogP contribution in [0, 0.1) is 5.92 Å². The summed E-state index contributed by atoms with van der Waals surface area (Å²) in [6, 6.07) is 0. The van der Waals surface area contributed by atoms with E-state index in [2.05, 4.69) is 23.2 Å². The van der Waals surface area contributed by atoms with E-state index in [1.807, 2.05) is 6.92 Å². The van der Waals surface area contributed by atoms with Gasteiger partial charge in [-0.25, -0.2) is 5.26 Å². The molecule has 0 rings (SSSR count). The van der Waals surface area contributed by atoms with Crippen LogP contribution in [-0.2, 0) is 18.9 Å². The Balaban J connectivity index is 4.11. The second-order valence-corrected chi connectivity index (χ2v) is 6.68. The zero-order chi connectivity index (χ0) is 16.6. The molecule has 0 spiro atoms. The molecule has 0 radical (unpaired) electrons. The molecular formula is C16H32O5S. The van der Waals surface area contributed by atoms with Crippen molar-refractivity contribution in [3.05, 3.63) is 0 Å². The summed E-state index contributed by atoms with van der Waals surface area (Å²) >= 11 is 0.963. The Morgan fingerprint density at radius 2 is 1.68 bits per heavy atom. The third-order valence-corrected chi connectivity index (χ3v) is 4.44. The Morgan fingerprint density at radius 1 is 1.05 bits per heavy atom. The lowest BCUT2D eigenvalue weighted by atomic mass is 9.97. The quantitative estimate of drug-likeness (QED) is 0.193. The molecule has 0 aromatic carbocycles. The SMILES string of the molecule is CCCCC(CCCC)COC(=O)CC(CCC)SOOO. The smallest absolute Gasteiger partial charge is 0.307 e. The number of hydrogen-bond donors (Lipinski definition) is 1. The molecular weight excluding hydrogens is 304 g/mol. The van der Waals surface area contributed by atoms with Crippen molar-refractivity contribution in [2.45, 2.75) is 83.8 Å². The molecule has 0 fully saturated rings. The number of rotatable bonds is 15.